The summed E-state index contributed by atoms with van der Waals surface area (Å²) in [6.45, 7) is 4.15. The Morgan fingerprint density at radius 3 is 1.73 bits per heavy atom. The lowest BCUT2D eigenvalue weighted by Crippen LogP contribution is -2.29. The second-order valence-corrected chi connectivity index (χ2v) is 7.75. The molecule has 0 radical (unpaired) electrons. The first-order valence-corrected chi connectivity index (χ1v) is 10.2. The Bertz CT molecular complexity index is 650. The molecule has 8 nitrogen and oxygen atoms in total. The maximum atomic E-state index is 5.60. The minimum Gasteiger partial charge on any atom is -0.384 e. The molecule has 0 atom stereocenters. The molecule has 0 saturated heterocycles. The molecule has 0 unspecified atom stereocenters. The molecule has 0 aliphatic carbocycles. The van der Waals surface area contributed by atoms with Crippen LogP contribution in [-0.4, -0.2) is 88.2 Å². The first-order chi connectivity index (χ1) is 13.6. The lowest BCUT2D eigenvalue weighted by Gasteiger charge is -2.20. The highest BCUT2D eigenvalue weighted by Crippen LogP contribution is 2.10. The Morgan fingerprint density at radius 2 is 1.37 bits per heavy atom. The summed E-state index contributed by atoms with van der Waals surface area (Å²) in [5.74, 6) is 2.03. The van der Waals surface area contributed by atoms with Crippen molar-refractivity contribution >= 4 is 33.4 Å². The molecule has 0 amide bonds. The SMILES string of the molecule is C.CN(C)CCN(C)c1cccc(N)n1.CNCCN(C)C.Nc1cccc(Br)n1. The Hall–Kier alpha value is -1.94. The predicted molar refractivity (Wildman–Crippen MR) is 136 cm³/mol. The summed E-state index contributed by atoms with van der Waals surface area (Å²) in [6, 6.07) is 11.1. The molecule has 172 valence electrons. The number of nitrogens with zero attached hydrogens (tertiary/aromatic N) is 5. The number of nitrogens with two attached hydrogens (primary N) is 2. The lowest BCUT2D eigenvalue weighted by molar-refractivity contribution is 0.407. The minimum atomic E-state index is 0. The van der Waals surface area contributed by atoms with Crippen LogP contribution in [0.25, 0.3) is 0 Å². The zero-order chi connectivity index (χ0) is 22.2. The molecular formula is C21H41BrN8. The Kier molecular flexibility index (Phi) is 18.0. The molecule has 2 heterocycles. The van der Waals surface area contributed by atoms with Crippen molar-refractivity contribution in [3.8, 4) is 0 Å². The van der Waals surface area contributed by atoms with Gasteiger partial charge in [-0.3, -0.25) is 0 Å². The molecule has 0 saturated carbocycles. The standard InChI is InChI=1S/C10H18N4.C5H5BrN2.C5H14N2.CH4/c1-13(2)7-8-14(3)10-6-4-5-9(11)12-10;6-4-2-1-3-5(7)8-4;1-6-4-5-7(2)3;/h4-6H,7-8H2,1-3H3,(H2,11,12);1-3H,(H2,7,8);6H,4-5H2,1-3H3;1H4. The van der Waals surface area contributed by atoms with E-state index in [0.717, 1.165) is 36.6 Å². The largest absolute Gasteiger partial charge is 0.384 e. The first-order valence-electron chi connectivity index (χ1n) is 9.41. The summed E-state index contributed by atoms with van der Waals surface area (Å²) in [5.41, 5.74) is 10.9. The molecule has 30 heavy (non-hydrogen) atoms. The molecule has 2 aromatic rings. The molecule has 2 aromatic heterocycles. The molecule has 5 N–H and O–H groups in total. The summed E-state index contributed by atoms with van der Waals surface area (Å²) < 4.78 is 0.775. The highest BCUT2D eigenvalue weighted by molar-refractivity contribution is 9.10. The fraction of sp³-hybridized carbons (Fsp3) is 0.524. The van der Waals surface area contributed by atoms with Crippen molar-refractivity contribution in [1.29, 1.82) is 0 Å². The molecule has 0 spiro atoms. The third kappa shape index (κ3) is 17.0. The van der Waals surface area contributed by atoms with E-state index in [-0.39, 0.29) is 7.43 Å². The average Bonchev–Trinajstić information content (AvgIpc) is 2.65. The van der Waals surface area contributed by atoms with Gasteiger partial charge in [0.1, 0.15) is 22.1 Å². The van der Waals surface area contributed by atoms with Crippen LogP contribution in [0.3, 0.4) is 0 Å². The van der Waals surface area contributed by atoms with Crippen molar-refractivity contribution < 1.29 is 0 Å². The van der Waals surface area contributed by atoms with E-state index in [1.807, 2.05) is 38.4 Å². The van der Waals surface area contributed by atoms with E-state index in [2.05, 4.69) is 74.1 Å². The van der Waals surface area contributed by atoms with Crippen LogP contribution in [0.5, 0.6) is 0 Å². The number of pyridine rings is 2. The second-order valence-electron chi connectivity index (χ2n) is 6.94. The summed E-state index contributed by atoms with van der Waals surface area (Å²) in [6.07, 6.45) is 0. The predicted octanol–water partition coefficient (Wildman–Crippen LogP) is 2.49. The van der Waals surface area contributed by atoms with Gasteiger partial charge >= 0.3 is 0 Å². The molecule has 0 aromatic carbocycles. The van der Waals surface area contributed by atoms with Crippen LogP contribution in [0.1, 0.15) is 7.43 Å². The molecule has 0 bridgehead atoms. The fourth-order valence-corrected chi connectivity index (χ4v) is 2.23. The van der Waals surface area contributed by atoms with Crippen molar-refractivity contribution in [3.05, 3.63) is 41.0 Å². The van der Waals surface area contributed by atoms with Gasteiger partial charge in [0, 0.05) is 33.2 Å². The second kappa shape index (κ2) is 17.9. The van der Waals surface area contributed by atoms with E-state index < -0.39 is 0 Å². The van der Waals surface area contributed by atoms with Gasteiger partial charge in [-0.2, -0.15) is 0 Å². The van der Waals surface area contributed by atoms with E-state index in [4.69, 9.17) is 11.5 Å². The van der Waals surface area contributed by atoms with Crippen LogP contribution < -0.4 is 21.7 Å². The summed E-state index contributed by atoms with van der Waals surface area (Å²) >= 11 is 3.17. The van der Waals surface area contributed by atoms with Crippen molar-refractivity contribution in [2.24, 2.45) is 0 Å². The highest BCUT2D eigenvalue weighted by Gasteiger charge is 2.02. The van der Waals surface area contributed by atoms with E-state index >= 15 is 0 Å². The van der Waals surface area contributed by atoms with Gasteiger partial charge in [-0.25, -0.2) is 9.97 Å². The summed E-state index contributed by atoms with van der Waals surface area (Å²) in [4.78, 5) is 14.5. The van der Waals surface area contributed by atoms with Crippen LogP contribution in [0, 0.1) is 0 Å². The van der Waals surface area contributed by atoms with Crippen molar-refractivity contribution in [1.82, 2.24) is 25.1 Å². The number of nitrogens with one attached hydrogen (secondary N) is 1. The quantitative estimate of drug-likeness (QED) is 0.515. The van der Waals surface area contributed by atoms with Crippen LogP contribution in [0.4, 0.5) is 17.5 Å². The van der Waals surface area contributed by atoms with Gasteiger partial charge in [0.15, 0.2) is 0 Å². The normalized spacial score (nSPS) is 9.77. The van der Waals surface area contributed by atoms with Crippen molar-refractivity contribution in [3.63, 3.8) is 0 Å². The van der Waals surface area contributed by atoms with Gasteiger partial charge in [0.2, 0.25) is 0 Å². The topological polar surface area (TPSA) is 99.6 Å². The maximum absolute atomic E-state index is 5.60. The van der Waals surface area contributed by atoms with Gasteiger partial charge in [0.05, 0.1) is 0 Å². The van der Waals surface area contributed by atoms with E-state index in [1.165, 1.54) is 0 Å². The number of nitrogen functional groups attached to an aromatic ring is 2. The lowest BCUT2D eigenvalue weighted by atomic mass is 10.4. The molecular weight excluding hydrogens is 444 g/mol. The molecule has 9 heteroatoms. The molecule has 2 rings (SSSR count). The number of hydrogen-bond acceptors (Lipinski definition) is 8. The first kappa shape index (κ1) is 30.3. The highest BCUT2D eigenvalue weighted by atomic mass is 79.9. The van der Waals surface area contributed by atoms with E-state index in [0.29, 0.717) is 11.6 Å². The number of aromatic nitrogens is 2. The Labute approximate surface area is 191 Å². The van der Waals surface area contributed by atoms with Crippen LogP contribution in [0.2, 0.25) is 0 Å². The molecule has 0 aliphatic rings. The molecule has 0 aliphatic heterocycles. The van der Waals surface area contributed by atoms with Crippen LogP contribution in [0.15, 0.2) is 41.0 Å². The van der Waals surface area contributed by atoms with Gasteiger partial charge in [-0.15, -0.1) is 0 Å². The minimum absolute atomic E-state index is 0. The Morgan fingerprint density at radius 1 is 0.833 bits per heavy atom. The number of anilines is 3. The Balaban J connectivity index is 0. The van der Waals surface area contributed by atoms with Gasteiger partial charge < -0.3 is 31.5 Å². The maximum Gasteiger partial charge on any atom is 0.130 e. The number of hydrogen-bond donors (Lipinski definition) is 3. The van der Waals surface area contributed by atoms with E-state index in [1.54, 1.807) is 12.1 Å². The molecule has 0 fully saturated rings. The fourth-order valence-electron chi connectivity index (χ4n) is 1.88. The van der Waals surface area contributed by atoms with Crippen LogP contribution >= 0.6 is 15.9 Å². The zero-order valence-corrected chi connectivity index (χ0v) is 20.1. The number of likely N-dealkylation sites (N-methyl/N-ethyl adjacent to an activating group) is 4. The van der Waals surface area contributed by atoms with E-state index in [9.17, 15) is 0 Å². The van der Waals surface area contributed by atoms with Crippen molar-refractivity contribution in [2.75, 3.05) is 84.8 Å². The monoisotopic (exact) mass is 484 g/mol. The van der Waals surface area contributed by atoms with Crippen LogP contribution in [-0.2, 0) is 0 Å². The van der Waals surface area contributed by atoms with Crippen molar-refractivity contribution in [2.45, 2.75) is 7.43 Å². The van der Waals surface area contributed by atoms with Gasteiger partial charge in [-0.1, -0.05) is 19.6 Å². The van der Waals surface area contributed by atoms with Gasteiger partial charge in [-0.05, 0) is 75.4 Å². The number of halogens is 1. The third-order valence-corrected chi connectivity index (χ3v) is 4.02. The summed E-state index contributed by atoms with van der Waals surface area (Å²) in [7, 11) is 12.2. The third-order valence-electron chi connectivity index (χ3n) is 3.58. The number of rotatable bonds is 7. The van der Waals surface area contributed by atoms with Gasteiger partial charge in [0.25, 0.3) is 0 Å². The smallest absolute Gasteiger partial charge is 0.130 e. The zero-order valence-electron chi connectivity index (χ0n) is 18.6. The summed E-state index contributed by atoms with van der Waals surface area (Å²) in [5, 5.41) is 3.06. The average molecular weight is 486 g/mol.